The fourth-order valence-electron chi connectivity index (χ4n) is 5.31. The third-order valence-electron chi connectivity index (χ3n) is 6.84. The van der Waals surface area contributed by atoms with Crippen LogP contribution < -0.4 is 0 Å². The maximum atomic E-state index is 13.2. The van der Waals surface area contributed by atoms with Crippen molar-refractivity contribution in [3.05, 3.63) is 35.9 Å². The van der Waals surface area contributed by atoms with Crippen molar-refractivity contribution < 1.29 is 14.6 Å². The van der Waals surface area contributed by atoms with Crippen LogP contribution >= 0.6 is 0 Å². The van der Waals surface area contributed by atoms with Crippen LogP contribution in [-0.2, 0) is 15.1 Å². The van der Waals surface area contributed by atoms with E-state index in [1.165, 1.54) is 6.42 Å². The van der Waals surface area contributed by atoms with Gasteiger partial charge in [-0.25, -0.2) is 4.79 Å². The van der Waals surface area contributed by atoms with Gasteiger partial charge in [-0.05, 0) is 51.1 Å². The molecule has 2 saturated heterocycles. The molecular weight excluding hydrogens is 314 g/mol. The molecule has 1 aromatic rings. The largest absolute Gasteiger partial charge is 0.458 e. The van der Waals surface area contributed by atoms with Gasteiger partial charge in [0.05, 0.1) is 0 Å². The summed E-state index contributed by atoms with van der Waals surface area (Å²) in [5.41, 5.74) is -0.827. The lowest BCUT2D eigenvalue weighted by Crippen LogP contribution is -2.51. The first-order valence-electron chi connectivity index (χ1n) is 9.81. The lowest BCUT2D eigenvalue weighted by molar-refractivity contribution is -0.184. The zero-order valence-corrected chi connectivity index (χ0v) is 15.1. The van der Waals surface area contributed by atoms with Gasteiger partial charge in [-0.1, -0.05) is 43.2 Å². The topological polar surface area (TPSA) is 49.8 Å². The minimum Gasteiger partial charge on any atom is -0.458 e. The molecule has 1 N–H and O–H groups in total. The molecule has 4 atom stereocenters. The van der Waals surface area contributed by atoms with Crippen molar-refractivity contribution in [1.82, 2.24) is 4.90 Å². The van der Waals surface area contributed by atoms with Crippen LogP contribution in [-0.4, -0.2) is 41.2 Å². The van der Waals surface area contributed by atoms with Gasteiger partial charge in [0.2, 0.25) is 0 Å². The number of fused-ring (bicyclic) bond motifs is 2. The molecule has 25 heavy (non-hydrogen) atoms. The summed E-state index contributed by atoms with van der Waals surface area (Å²) >= 11 is 0. The number of likely N-dealkylation sites (N-methyl/N-ethyl adjacent to an activating group) is 1. The summed E-state index contributed by atoms with van der Waals surface area (Å²) in [6.07, 6.45) is 8.11. The second kappa shape index (κ2) is 6.73. The molecule has 0 aromatic heterocycles. The minimum absolute atomic E-state index is 0.0416. The molecule has 2 aliphatic heterocycles. The molecule has 0 spiro atoms. The molecule has 4 heteroatoms. The van der Waals surface area contributed by atoms with Gasteiger partial charge in [0.15, 0.2) is 5.60 Å². The second-order valence-corrected chi connectivity index (χ2v) is 8.10. The normalized spacial score (nSPS) is 32.5. The Morgan fingerprint density at radius 3 is 2.48 bits per heavy atom. The van der Waals surface area contributed by atoms with Crippen LogP contribution in [0, 0.1) is 5.92 Å². The Morgan fingerprint density at radius 2 is 1.76 bits per heavy atom. The van der Waals surface area contributed by atoms with E-state index in [1.807, 2.05) is 30.3 Å². The van der Waals surface area contributed by atoms with Crippen LogP contribution in [0.5, 0.6) is 0 Å². The van der Waals surface area contributed by atoms with Crippen molar-refractivity contribution in [1.29, 1.82) is 0 Å². The van der Waals surface area contributed by atoms with E-state index >= 15 is 0 Å². The molecule has 0 amide bonds. The SMILES string of the molecule is CN1C2CCC1[C@H](OC(=O)C(O)(c1ccccc1)C1CCCC1)CC2. The first-order valence-corrected chi connectivity index (χ1v) is 9.81. The number of rotatable bonds is 4. The van der Waals surface area contributed by atoms with Crippen molar-refractivity contribution in [2.24, 2.45) is 5.92 Å². The van der Waals surface area contributed by atoms with Crippen molar-refractivity contribution in [2.75, 3.05) is 7.05 Å². The summed E-state index contributed by atoms with van der Waals surface area (Å²) in [5.74, 6) is -0.477. The Labute approximate surface area is 150 Å². The van der Waals surface area contributed by atoms with Gasteiger partial charge in [0.1, 0.15) is 6.10 Å². The minimum atomic E-state index is -1.51. The van der Waals surface area contributed by atoms with E-state index in [9.17, 15) is 9.90 Å². The number of aliphatic hydroxyl groups is 1. The highest BCUT2D eigenvalue weighted by Gasteiger charge is 2.50. The van der Waals surface area contributed by atoms with Gasteiger partial charge in [-0.3, -0.25) is 4.90 Å². The molecule has 136 valence electrons. The van der Waals surface area contributed by atoms with Crippen LogP contribution in [0.4, 0.5) is 0 Å². The number of benzene rings is 1. The predicted octanol–water partition coefficient (Wildman–Crippen LogP) is 3.23. The van der Waals surface area contributed by atoms with Gasteiger partial charge >= 0.3 is 5.97 Å². The summed E-state index contributed by atoms with van der Waals surface area (Å²) in [7, 11) is 2.14. The first-order chi connectivity index (χ1) is 12.1. The molecule has 1 aliphatic carbocycles. The highest BCUT2D eigenvalue weighted by Crippen LogP contribution is 2.43. The zero-order chi connectivity index (χ0) is 17.4. The predicted molar refractivity (Wildman–Crippen MR) is 96.0 cm³/mol. The van der Waals surface area contributed by atoms with E-state index in [1.54, 1.807) is 0 Å². The Kier molecular flexibility index (Phi) is 4.59. The molecule has 0 radical (unpaired) electrons. The molecule has 1 aromatic carbocycles. The fourth-order valence-corrected chi connectivity index (χ4v) is 5.31. The molecule has 3 unspecified atom stereocenters. The number of esters is 1. The van der Waals surface area contributed by atoms with E-state index in [0.29, 0.717) is 17.6 Å². The van der Waals surface area contributed by atoms with Crippen LogP contribution in [0.2, 0.25) is 0 Å². The standard InChI is InChI=1S/C21H29NO3/c1-22-17-11-13-18(22)19(14-12-17)25-20(23)21(24,16-9-5-6-10-16)15-7-3-2-4-8-15/h2-4,7-8,16-19,24H,5-6,9-14H2,1H3/t17?,18?,19-,21?/m1/s1. The second-order valence-electron chi connectivity index (χ2n) is 8.10. The van der Waals surface area contributed by atoms with Crippen molar-refractivity contribution in [3.8, 4) is 0 Å². The molecule has 4 nitrogen and oxygen atoms in total. The number of piperidine rings is 1. The van der Waals surface area contributed by atoms with Gasteiger partial charge < -0.3 is 9.84 Å². The van der Waals surface area contributed by atoms with E-state index in [0.717, 1.165) is 44.9 Å². The van der Waals surface area contributed by atoms with Gasteiger partial charge in [-0.2, -0.15) is 0 Å². The molecule has 3 aliphatic rings. The fraction of sp³-hybridized carbons (Fsp3) is 0.667. The number of ether oxygens (including phenoxy) is 1. The highest BCUT2D eigenvalue weighted by atomic mass is 16.6. The Hall–Kier alpha value is -1.39. The van der Waals surface area contributed by atoms with Gasteiger partial charge in [0.25, 0.3) is 0 Å². The molecule has 1 saturated carbocycles. The maximum Gasteiger partial charge on any atom is 0.343 e. The Morgan fingerprint density at radius 1 is 1.08 bits per heavy atom. The Balaban J connectivity index is 1.58. The van der Waals surface area contributed by atoms with Crippen LogP contribution in [0.1, 0.15) is 56.9 Å². The van der Waals surface area contributed by atoms with Crippen LogP contribution in [0.3, 0.4) is 0 Å². The van der Waals surface area contributed by atoms with Gasteiger partial charge in [-0.15, -0.1) is 0 Å². The van der Waals surface area contributed by atoms with E-state index in [2.05, 4.69) is 11.9 Å². The lowest BCUT2D eigenvalue weighted by atomic mass is 9.80. The van der Waals surface area contributed by atoms with Crippen LogP contribution in [0.15, 0.2) is 30.3 Å². The van der Waals surface area contributed by atoms with E-state index in [4.69, 9.17) is 4.74 Å². The highest BCUT2D eigenvalue weighted by molar-refractivity contribution is 5.82. The van der Waals surface area contributed by atoms with Crippen LogP contribution in [0.25, 0.3) is 0 Å². The summed E-state index contributed by atoms with van der Waals surface area (Å²) in [5, 5.41) is 11.5. The number of nitrogens with zero attached hydrogens (tertiary/aromatic N) is 1. The summed E-state index contributed by atoms with van der Waals surface area (Å²) in [4.78, 5) is 15.6. The molecular formula is C21H29NO3. The Bertz CT molecular complexity index is 613. The van der Waals surface area contributed by atoms with Crippen molar-refractivity contribution in [3.63, 3.8) is 0 Å². The average molecular weight is 343 g/mol. The van der Waals surface area contributed by atoms with E-state index < -0.39 is 11.6 Å². The van der Waals surface area contributed by atoms with Crippen molar-refractivity contribution in [2.45, 2.75) is 75.2 Å². The number of hydrogen-bond acceptors (Lipinski definition) is 4. The monoisotopic (exact) mass is 343 g/mol. The molecule has 2 heterocycles. The summed E-state index contributed by atoms with van der Waals surface area (Å²) in [6, 6.07) is 10.4. The number of carbonyl (C=O) groups is 1. The zero-order valence-electron chi connectivity index (χ0n) is 15.1. The molecule has 4 rings (SSSR count). The molecule has 2 bridgehead atoms. The summed E-state index contributed by atoms with van der Waals surface area (Å²) in [6.45, 7) is 0. The average Bonchev–Trinajstić information content (AvgIpc) is 3.24. The number of hydrogen-bond donors (Lipinski definition) is 1. The smallest absolute Gasteiger partial charge is 0.343 e. The maximum absolute atomic E-state index is 13.2. The third-order valence-corrected chi connectivity index (χ3v) is 6.84. The van der Waals surface area contributed by atoms with E-state index in [-0.39, 0.29) is 12.0 Å². The third kappa shape index (κ3) is 2.89. The van der Waals surface area contributed by atoms with Crippen molar-refractivity contribution >= 4 is 5.97 Å². The quantitative estimate of drug-likeness (QED) is 0.853. The lowest BCUT2D eigenvalue weighted by Gasteiger charge is -2.39. The first kappa shape index (κ1) is 17.0. The van der Waals surface area contributed by atoms with Gasteiger partial charge in [0, 0.05) is 18.0 Å². The summed E-state index contributed by atoms with van der Waals surface area (Å²) < 4.78 is 5.99. The number of carbonyl (C=O) groups excluding carboxylic acids is 1. The molecule has 3 fully saturated rings.